The number of thiophene rings is 1. The molecule has 2 aromatic rings. The van der Waals surface area contributed by atoms with Gasteiger partial charge in [0.2, 0.25) is 0 Å². The molecule has 0 N–H and O–H groups in total. The topological polar surface area (TPSA) is 0 Å². The molecule has 2 rings (SSSR count). The van der Waals surface area contributed by atoms with Gasteiger partial charge in [0.1, 0.15) is 5.82 Å². The van der Waals surface area contributed by atoms with Gasteiger partial charge in [-0.15, -0.1) is 11.3 Å². The summed E-state index contributed by atoms with van der Waals surface area (Å²) in [4.78, 5) is 0.808. The smallest absolute Gasteiger partial charge is 0.127 e. The minimum atomic E-state index is -0.210. The Morgan fingerprint density at radius 2 is 2.06 bits per heavy atom. The minimum absolute atomic E-state index is 0.170. The van der Waals surface area contributed by atoms with Crippen molar-refractivity contribution in [3.8, 4) is 0 Å². The molecule has 5 heteroatoms. The number of hydrogen-bond donors (Lipinski definition) is 0. The van der Waals surface area contributed by atoms with Gasteiger partial charge >= 0.3 is 0 Å². The summed E-state index contributed by atoms with van der Waals surface area (Å²) in [5, 5.41) is 0.655. The van der Waals surface area contributed by atoms with Gasteiger partial charge in [0.25, 0.3) is 0 Å². The zero-order valence-electron chi connectivity index (χ0n) is 8.81. The van der Waals surface area contributed by atoms with E-state index in [1.807, 2.05) is 19.1 Å². The fourth-order valence-electron chi connectivity index (χ4n) is 1.50. The summed E-state index contributed by atoms with van der Waals surface area (Å²) in [6.45, 7) is 1.94. The third-order valence-corrected chi connectivity index (χ3v) is 6.17. The SMILES string of the molecule is Cc1ccc(F)c(C(Br)c2cc(Cl)c(Br)s2)c1. The van der Waals surface area contributed by atoms with Crippen LogP contribution < -0.4 is 0 Å². The zero-order valence-corrected chi connectivity index (χ0v) is 13.6. The maximum Gasteiger partial charge on any atom is 0.127 e. The van der Waals surface area contributed by atoms with Gasteiger partial charge in [-0.2, -0.15) is 0 Å². The van der Waals surface area contributed by atoms with Crippen molar-refractivity contribution in [3.05, 3.63) is 54.9 Å². The highest BCUT2D eigenvalue weighted by molar-refractivity contribution is 9.11. The molecule has 0 radical (unpaired) electrons. The quantitative estimate of drug-likeness (QED) is 0.537. The van der Waals surface area contributed by atoms with Crippen molar-refractivity contribution in [2.24, 2.45) is 0 Å². The van der Waals surface area contributed by atoms with E-state index in [1.54, 1.807) is 6.07 Å². The summed E-state index contributed by atoms with van der Waals surface area (Å²) in [5.74, 6) is -0.210. The highest BCUT2D eigenvalue weighted by atomic mass is 79.9. The summed E-state index contributed by atoms with van der Waals surface area (Å²) in [7, 11) is 0. The van der Waals surface area contributed by atoms with Gasteiger partial charge in [0.05, 0.1) is 13.6 Å². The molecule has 0 saturated carbocycles. The molecular formula is C12H8Br2ClFS. The highest BCUT2D eigenvalue weighted by Crippen LogP contribution is 2.41. The van der Waals surface area contributed by atoms with Gasteiger partial charge in [0, 0.05) is 10.4 Å². The van der Waals surface area contributed by atoms with Crippen molar-refractivity contribution < 1.29 is 4.39 Å². The molecule has 0 spiro atoms. The van der Waals surface area contributed by atoms with Crippen LogP contribution in [0.3, 0.4) is 0 Å². The van der Waals surface area contributed by atoms with Crippen LogP contribution in [0.5, 0.6) is 0 Å². The van der Waals surface area contributed by atoms with E-state index in [0.29, 0.717) is 10.6 Å². The van der Waals surface area contributed by atoms with E-state index in [1.165, 1.54) is 17.4 Å². The van der Waals surface area contributed by atoms with Crippen LogP contribution in [-0.2, 0) is 0 Å². The van der Waals surface area contributed by atoms with E-state index >= 15 is 0 Å². The van der Waals surface area contributed by atoms with Crippen LogP contribution in [-0.4, -0.2) is 0 Å². The van der Waals surface area contributed by atoms with E-state index in [2.05, 4.69) is 31.9 Å². The third kappa shape index (κ3) is 2.92. The van der Waals surface area contributed by atoms with E-state index in [9.17, 15) is 4.39 Å². The first-order valence-corrected chi connectivity index (χ1v) is 7.74. The van der Waals surface area contributed by atoms with Crippen molar-refractivity contribution in [3.63, 3.8) is 0 Å². The molecule has 0 amide bonds. The molecule has 0 fully saturated rings. The number of hydrogen-bond acceptors (Lipinski definition) is 1. The fourth-order valence-corrected chi connectivity index (χ4v) is 4.01. The lowest BCUT2D eigenvalue weighted by Gasteiger charge is -2.10. The number of benzene rings is 1. The number of rotatable bonds is 2. The van der Waals surface area contributed by atoms with Crippen molar-refractivity contribution in [2.75, 3.05) is 0 Å². The maximum atomic E-state index is 13.7. The molecule has 0 aliphatic carbocycles. The van der Waals surface area contributed by atoms with Gasteiger partial charge in [-0.3, -0.25) is 0 Å². The Hall–Kier alpha value is 0.1000. The van der Waals surface area contributed by atoms with Crippen molar-refractivity contribution >= 4 is 54.8 Å². The molecule has 1 atom stereocenters. The predicted molar refractivity (Wildman–Crippen MR) is 78.9 cm³/mol. The first-order chi connectivity index (χ1) is 7.99. The molecule has 90 valence electrons. The Morgan fingerprint density at radius 1 is 1.35 bits per heavy atom. The molecule has 1 heterocycles. The molecule has 0 aliphatic rings. The van der Waals surface area contributed by atoms with Crippen LogP contribution >= 0.6 is 54.8 Å². The predicted octanol–water partition coefficient (Wildman–Crippen LogP) is 6.10. The number of alkyl halides is 1. The molecule has 0 bridgehead atoms. The zero-order chi connectivity index (χ0) is 12.6. The van der Waals surface area contributed by atoms with Gasteiger partial charge < -0.3 is 0 Å². The molecule has 1 aromatic carbocycles. The van der Waals surface area contributed by atoms with E-state index in [0.717, 1.165) is 14.2 Å². The Labute approximate surface area is 125 Å². The normalized spacial score (nSPS) is 12.8. The van der Waals surface area contributed by atoms with Crippen LogP contribution in [0.15, 0.2) is 28.1 Å². The van der Waals surface area contributed by atoms with Gasteiger partial charge in [-0.25, -0.2) is 4.39 Å². The number of aryl methyl sites for hydroxylation is 1. The second-order valence-corrected chi connectivity index (χ2v) is 7.38. The van der Waals surface area contributed by atoms with Crippen LogP contribution in [0.1, 0.15) is 20.8 Å². The molecule has 0 nitrogen and oxygen atoms in total. The van der Waals surface area contributed by atoms with Gasteiger partial charge in [-0.05, 0) is 35.0 Å². The lowest BCUT2D eigenvalue weighted by Crippen LogP contribution is -1.95. The summed E-state index contributed by atoms with van der Waals surface area (Å²) < 4.78 is 14.6. The van der Waals surface area contributed by atoms with E-state index in [4.69, 9.17) is 11.6 Å². The second-order valence-electron chi connectivity index (χ2n) is 3.66. The molecule has 0 saturated heterocycles. The maximum absolute atomic E-state index is 13.7. The van der Waals surface area contributed by atoms with Gasteiger partial charge in [0.15, 0.2) is 0 Å². The second kappa shape index (κ2) is 5.39. The highest BCUT2D eigenvalue weighted by Gasteiger charge is 2.18. The molecule has 1 unspecified atom stereocenters. The van der Waals surface area contributed by atoms with Crippen molar-refractivity contribution in [2.45, 2.75) is 11.8 Å². The monoisotopic (exact) mass is 396 g/mol. The van der Waals surface area contributed by atoms with Crippen molar-refractivity contribution in [1.29, 1.82) is 0 Å². The standard InChI is InChI=1S/C12H8Br2ClFS/c1-6-2-3-9(16)7(4-6)11(13)10-5-8(15)12(14)17-10/h2-5,11H,1H3. The van der Waals surface area contributed by atoms with E-state index < -0.39 is 0 Å². The Morgan fingerprint density at radius 3 is 2.65 bits per heavy atom. The Kier molecular flexibility index (Phi) is 4.29. The first-order valence-electron chi connectivity index (χ1n) is 4.84. The molecule has 0 aliphatic heterocycles. The lowest BCUT2D eigenvalue weighted by atomic mass is 10.1. The lowest BCUT2D eigenvalue weighted by molar-refractivity contribution is 0.613. The third-order valence-electron chi connectivity index (χ3n) is 2.34. The Balaban J connectivity index is 2.42. The average Bonchev–Trinajstić information content (AvgIpc) is 2.62. The summed E-state index contributed by atoms with van der Waals surface area (Å²) in [6.07, 6.45) is 0. The average molecular weight is 399 g/mol. The Bertz CT molecular complexity index is 534. The van der Waals surface area contributed by atoms with Crippen molar-refractivity contribution in [1.82, 2.24) is 0 Å². The van der Waals surface area contributed by atoms with Crippen LogP contribution in [0.25, 0.3) is 0 Å². The first kappa shape index (κ1) is 13.5. The summed E-state index contributed by atoms with van der Waals surface area (Å²) in [5.41, 5.74) is 1.67. The molecular weight excluding hydrogens is 390 g/mol. The molecule has 17 heavy (non-hydrogen) atoms. The number of halogens is 4. The van der Waals surface area contributed by atoms with Crippen LogP contribution in [0.4, 0.5) is 4.39 Å². The van der Waals surface area contributed by atoms with E-state index in [-0.39, 0.29) is 10.6 Å². The fraction of sp³-hybridized carbons (Fsp3) is 0.167. The largest absolute Gasteiger partial charge is 0.207 e. The minimum Gasteiger partial charge on any atom is -0.207 e. The summed E-state index contributed by atoms with van der Waals surface area (Å²) in [6, 6.07) is 6.94. The summed E-state index contributed by atoms with van der Waals surface area (Å²) >= 11 is 14.4. The molecule has 1 aromatic heterocycles. The van der Waals surface area contributed by atoms with Gasteiger partial charge in [-0.1, -0.05) is 45.2 Å². The van der Waals surface area contributed by atoms with Crippen LogP contribution in [0.2, 0.25) is 5.02 Å². The van der Waals surface area contributed by atoms with Crippen LogP contribution in [0, 0.1) is 12.7 Å².